The van der Waals surface area contributed by atoms with Crippen LogP contribution in [-0.4, -0.2) is 9.97 Å². The van der Waals surface area contributed by atoms with Crippen molar-refractivity contribution in [2.75, 3.05) is 0 Å². The third-order valence-corrected chi connectivity index (χ3v) is 1.62. The lowest BCUT2D eigenvalue weighted by Gasteiger charge is -1.95. The predicted molar refractivity (Wildman–Crippen MR) is 67.0 cm³/mol. The van der Waals surface area contributed by atoms with Crippen LogP contribution < -0.4 is 0 Å². The molecule has 82 valence electrons. The van der Waals surface area contributed by atoms with E-state index in [1.54, 1.807) is 12.4 Å². The Balaban J connectivity index is 0.000000442. The lowest BCUT2D eigenvalue weighted by Crippen LogP contribution is -1.81. The molecule has 2 heterocycles. The summed E-state index contributed by atoms with van der Waals surface area (Å²) in [6, 6.07) is 4.07. The van der Waals surface area contributed by atoms with Crippen LogP contribution in [0.15, 0.2) is 30.7 Å². The number of hydrogen-bond acceptors (Lipinski definition) is 2. The number of fused-ring (bicyclic) bond motifs is 1. The molecule has 2 nitrogen and oxygen atoms in total. The van der Waals surface area contributed by atoms with Crippen molar-refractivity contribution in [3.05, 3.63) is 36.3 Å². The van der Waals surface area contributed by atoms with Gasteiger partial charge in [-0.1, -0.05) is 27.7 Å². The van der Waals surface area contributed by atoms with Crippen molar-refractivity contribution in [2.45, 2.75) is 34.6 Å². The molecule has 0 saturated heterocycles. The minimum Gasteiger partial charge on any atom is -0.262 e. The summed E-state index contributed by atoms with van der Waals surface area (Å²) in [6.45, 7) is 10.0. The second-order valence-electron chi connectivity index (χ2n) is 2.58. The molecule has 0 fully saturated rings. The van der Waals surface area contributed by atoms with Crippen molar-refractivity contribution in [1.82, 2.24) is 9.97 Å². The molecule has 0 aliphatic carbocycles. The molecule has 2 rings (SSSR count). The summed E-state index contributed by atoms with van der Waals surface area (Å²) in [5, 5.41) is 1.15. The van der Waals surface area contributed by atoms with Crippen LogP contribution in [0.3, 0.4) is 0 Å². The van der Waals surface area contributed by atoms with Gasteiger partial charge in [-0.15, -0.1) is 0 Å². The van der Waals surface area contributed by atoms with E-state index >= 15 is 0 Å². The average molecular weight is 204 g/mol. The number of aryl methyl sites for hydroxylation is 1. The van der Waals surface area contributed by atoms with Crippen molar-refractivity contribution < 1.29 is 0 Å². The van der Waals surface area contributed by atoms with Crippen LogP contribution in [0.1, 0.15) is 33.3 Å². The molecule has 2 aromatic rings. The molecular weight excluding hydrogens is 184 g/mol. The van der Waals surface area contributed by atoms with Crippen LogP contribution in [0.5, 0.6) is 0 Å². The summed E-state index contributed by atoms with van der Waals surface area (Å²) in [7, 11) is 0. The lowest BCUT2D eigenvalue weighted by molar-refractivity contribution is 1.28. The molecule has 0 atom stereocenters. The fourth-order valence-electron chi connectivity index (χ4n) is 1.08. The maximum atomic E-state index is 4.22. The first kappa shape index (κ1) is 13.6. The summed E-state index contributed by atoms with van der Waals surface area (Å²) in [5.41, 5.74) is 2.14. The van der Waals surface area contributed by atoms with Crippen LogP contribution in [0, 0.1) is 6.92 Å². The maximum absolute atomic E-state index is 4.22. The standard InChI is InChI=1S/C9H8N2.2C2H6/c1-7-4-8-2-3-10-6-9(8)11-5-7;2*1-2/h2-6H,1H3;2*1-2H3. The summed E-state index contributed by atoms with van der Waals surface area (Å²) < 4.78 is 0. The Bertz CT molecular complexity index is 383. The van der Waals surface area contributed by atoms with E-state index in [1.807, 2.05) is 46.9 Å². The summed E-state index contributed by atoms with van der Waals surface area (Å²) in [6.07, 6.45) is 5.40. The minimum absolute atomic E-state index is 0.957. The first-order valence-electron chi connectivity index (χ1n) is 5.52. The molecule has 2 heteroatoms. The van der Waals surface area contributed by atoms with Crippen LogP contribution in [-0.2, 0) is 0 Å². The fraction of sp³-hybridized carbons (Fsp3) is 0.385. The second-order valence-corrected chi connectivity index (χ2v) is 2.58. The van der Waals surface area contributed by atoms with Gasteiger partial charge in [-0.05, 0) is 24.6 Å². The molecule has 0 aliphatic heterocycles. The minimum atomic E-state index is 0.957. The van der Waals surface area contributed by atoms with Gasteiger partial charge in [0.2, 0.25) is 0 Å². The van der Waals surface area contributed by atoms with Crippen LogP contribution >= 0.6 is 0 Å². The maximum Gasteiger partial charge on any atom is 0.0885 e. The highest BCUT2D eigenvalue weighted by molar-refractivity contribution is 5.77. The first-order chi connectivity index (χ1) is 7.36. The Morgan fingerprint density at radius 3 is 2.33 bits per heavy atom. The summed E-state index contributed by atoms with van der Waals surface area (Å²) in [5.74, 6) is 0. The zero-order valence-electron chi connectivity index (χ0n) is 10.3. The smallest absolute Gasteiger partial charge is 0.0885 e. The molecule has 0 radical (unpaired) electrons. The van der Waals surface area contributed by atoms with Crippen molar-refractivity contribution in [3.8, 4) is 0 Å². The monoisotopic (exact) mass is 204 g/mol. The quantitative estimate of drug-likeness (QED) is 0.648. The van der Waals surface area contributed by atoms with Gasteiger partial charge >= 0.3 is 0 Å². The molecule has 0 N–H and O–H groups in total. The van der Waals surface area contributed by atoms with Crippen LogP contribution in [0.2, 0.25) is 0 Å². The highest BCUT2D eigenvalue weighted by Gasteiger charge is 1.91. The van der Waals surface area contributed by atoms with Gasteiger partial charge in [0.05, 0.1) is 11.7 Å². The van der Waals surface area contributed by atoms with E-state index in [2.05, 4.69) is 16.0 Å². The van der Waals surface area contributed by atoms with Gasteiger partial charge in [0.15, 0.2) is 0 Å². The predicted octanol–water partition coefficient (Wildman–Crippen LogP) is 3.99. The molecule has 0 aromatic carbocycles. The average Bonchev–Trinajstić information content (AvgIpc) is 2.34. The number of aromatic nitrogens is 2. The number of rotatable bonds is 0. The molecule has 15 heavy (non-hydrogen) atoms. The Hall–Kier alpha value is -1.44. The zero-order chi connectivity index (χ0) is 11.7. The molecule has 0 amide bonds. The molecule has 0 bridgehead atoms. The topological polar surface area (TPSA) is 25.8 Å². The van der Waals surface area contributed by atoms with Crippen molar-refractivity contribution in [3.63, 3.8) is 0 Å². The van der Waals surface area contributed by atoms with Gasteiger partial charge in [0.1, 0.15) is 0 Å². The van der Waals surface area contributed by atoms with E-state index in [0.717, 1.165) is 10.9 Å². The molecule has 0 spiro atoms. The van der Waals surface area contributed by atoms with Gasteiger partial charge in [-0.3, -0.25) is 9.97 Å². The largest absolute Gasteiger partial charge is 0.262 e. The zero-order valence-corrected chi connectivity index (χ0v) is 10.3. The Morgan fingerprint density at radius 1 is 1.00 bits per heavy atom. The SMILES string of the molecule is CC.CC.Cc1cnc2cnccc2c1. The van der Waals surface area contributed by atoms with Gasteiger partial charge < -0.3 is 0 Å². The van der Waals surface area contributed by atoms with E-state index in [-0.39, 0.29) is 0 Å². The van der Waals surface area contributed by atoms with Crippen LogP contribution in [0.25, 0.3) is 10.9 Å². The van der Waals surface area contributed by atoms with Crippen LogP contribution in [0.4, 0.5) is 0 Å². The van der Waals surface area contributed by atoms with E-state index < -0.39 is 0 Å². The van der Waals surface area contributed by atoms with Gasteiger partial charge in [-0.2, -0.15) is 0 Å². The number of hydrogen-bond donors (Lipinski definition) is 0. The number of pyridine rings is 2. The van der Waals surface area contributed by atoms with Crippen molar-refractivity contribution in [2.24, 2.45) is 0 Å². The highest BCUT2D eigenvalue weighted by atomic mass is 14.7. The normalized spacial score (nSPS) is 8.33. The lowest BCUT2D eigenvalue weighted by atomic mass is 10.2. The molecule has 0 aliphatic rings. The van der Waals surface area contributed by atoms with Gasteiger partial charge in [0, 0.05) is 17.8 Å². The first-order valence-corrected chi connectivity index (χ1v) is 5.52. The summed E-state index contributed by atoms with van der Waals surface area (Å²) in [4.78, 5) is 8.20. The number of nitrogens with zero attached hydrogens (tertiary/aromatic N) is 2. The third-order valence-electron chi connectivity index (χ3n) is 1.62. The van der Waals surface area contributed by atoms with E-state index in [4.69, 9.17) is 0 Å². The van der Waals surface area contributed by atoms with Crippen molar-refractivity contribution >= 4 is 10.9 Å². The van der Waals surface area contributed by atoms with Gasteiger partial charge in [-0.25, -0.2) is 0 Å². The highest BCUT2D eigenvalue weighted by Crippen LogP contribution is 2.09. The Morgan fingerprint density at radius 2 is 1.67 bits per heavy atom. The third kappa shape index (κ3) is 4.07. The molecular formula is C13H20N2. The van der Waals surface area contributed by atoms with E-state index in [1.165, 1.54) is 5.56 Å². The summed E-state index contributed by atoms with van der Waals surface area (Å²) >= 11 is 0. The van der Waals surface area contributed by atoms with Crippen molar-refractivity contribution in [1.29, 1.82) is 0 Å². The van der Waals surface area contributed by atoms with E-state index in [0.29, 0.717) is 0 Å². The van der Waals surface area contributed by atoms with E-state index in [9.17, 15) is 0 Å². The Labute approximate surface area is 92.4 Å². The molecule has 2 aromatic heterocycles. The molecule has 0 unspecified atom stereocenters. The van der Waals surface area contributed by atoms with Gasteiger partial charge in [0.25, 0.3) is 0 Å². The molecule has 0 saturated carbocycles. The Kier molecular flexibility index (Phi) is 7.16. The fourth-order valence-corrected chi connectivity index (χ4v) is 1.08. The second kappa shape index (κ2) is 7.92.